The Balaban J connectivity index is 1.98. The summed E-state index contributed by atoms with van der Waals surface area (Å²) >= 11 is 5.96. The summed E-state index contributed by atoms with van der Waals surface area (Å²) in [7, 11) is -3.94. The summed E-state index contributed by atoms with van der Waals surface area (Å²) in [5.74, 6) is -0.467. The van der Waals surface area contributed by atoms with Crippen LogP contribution in [-0.2, 0) is 14.8 Å². The number of halogens is 1. The van der Waals surface area contributed by atoms with Gasteiger partial charge in [-0.05, 0) is 67.4 Å². The number of hydrogen-bond acceptors (Lipinski definition) is 3. The van der Waals surface area contributed by atoms with Crippen molar-refractivity contribution in [3.05, 3.63) is 88.9 Å². The zero-order chi connectivity index (χ0) is 21.0. The Morgan fingerprint density at radius 2 is 1.59 bits per heavy atom. The second kappa shape index (κ2) is 8.68. The van der Waals surface area contributed by atoms with E-state index in [0.29, 0.717) is 16.4 Å². The standard InChI is InChI=1S/C22H21ClN2O3S/c1-16-11-17(2)13-20(12-16)25(29(27,28)21-9-4-3-5-10-21)15-22(26)24-19-8-6-7-18(23)14-19/h3-14H,15H2,1-2H3,(H,24,26). The molecule has 0 saturated carbocycles. The number of hydrogen-bond donors (Lipinski definition) is 1. The molecular formula is C22H21ClN2O3S. The van der Waals surface area contributed by atoms with Gasteiger partial charge in [-0.15, -0.1) is 0 Å². The molecule has 3 aromatic rings. The van der Waals surface area contributed by atoms with Crippen LogP contribution in [0, 0.1) is 13.8 Å². The molecule has 7 heteroatoms. The molecule has 1 N–H and O–H groups in total. The zero-order valence-corrected chi connectivity index (χ0v) is 17.7. The number of sulfonamides is 1. The summed E-state index contributed by atoms with van der Waals surface area (Å²) in [5, 5.41) is 3.18. The van der Waals surface area contributed by atoms with Crippen LogP contribution < -0.4 is 9.62 Å². The van der Waals surface area contributed by atoms with E-state index in [-0.39, 0.29) is 11.4 Å². The smallest absolute Gasteiger partial charge is 0.264 e. The molecule has 3 rings (SSSR count). The Kier molecular flexibility index (Phi) is 6.25. The topological polar surface area (TPSA) is 66.5 Å². The third-order valence-corrected chi connectivity index (χ3v) is 6.24. The maximum Gasteiger partial charge on any atom is 0.264 e. The summed E-state index contributed by atoms with van der Waals surface area (Å²) in [6, 6.07) is 20.2. The van der Waals surface area contributed by atoms with Gasteiger partial charge in [0.15, 0.2) is 0 Å². The molecule has 150 valence electrons. The van der Waals surface area contributed by atoms with E-state index < -0.39 is 15.9 Å². The predicted octanol–water partition coefficient (Wildman–Crippen LogP) is 4.79. The van der Waals surface area contributed by atoms with Gasteiger partial charge in [-0.25, -0.2) is 8.42 Å². The van der Waals surface area contributed by atoms with Crippen molar-refractivity contribution in [2.45, 2.75) is 18.7 Å². The lowest BCUT2D eigenvalue weighted by molar-refractivity contribution is -0.114. The third-order valence-electron chi connectivity index (χ3n) is 4.22. The van der Waals surface area contributed by atoms with Crippen LogP contribution in [0.4, 0.5) is 11.4 Å². The number of anilines is 2. The van der Waals surface area contributed by atoms with Gasteiger partial charge in [0.05, 0.1) is 10.6 Å². The largest absolute Gasteiger partial charge is 0.324 e. The first-order chi connectivity index (χ1) is 13.8. The molecule has 29 heavy (non-hydrogen) atoms. The number of nitrogens with zero attached hydrogens (tertiary/aromatic N) is 1. The summed E-state index contributed by atoms with van der Waals surface area (Å²) < 4.78 is 27.8. The maximum absolute atomic E-state index is 13.3. The molecule has 0 heterocycles. The first-order valence-electron chi connectivity index (χ1n) is 8.97. The number of nitrogens with one attached hydrogen (secondary N) is 1. The van der Waals surface area contributed by atoms with E-state index >= 15 is 0 Å². The Bertz CT molecular complexity index is 1110. The van der Waals surface area contributed by atoms with Gasteiger partial charge in [-0.1, -0.05) is 41.9 Å². The van der Waals surface area contributed by atoms with Gasteiger partial charge in [-0.3, -0.25) is 9.10 Å². The van der Waals surface area contributed by atoms with Crippen molar-refractivity contribution < 1.29 is 13.2 Å². The van der Waals surface area contributed by atoms with Crippen LogP contribution in [0.3, 0.4) is 0 Å². The minimum atomic E-state index is -3.94. The van der Waals surface area contributed by atoms with Crippen molar-refractivity contribution in [2.24, 2.45) is 0 Å². The fraction of sp³-hybridized carbons (Fsp3) is 0.136. The fourth-order valence-corrected chi connectivity index (χ4v) is 4.64. The molecule has 0 bridgehead atoms. The predicted molar refractivity (Wildman–Crippen MR) is 117 cm³/mol. The molecule has 0 fully saturated rings. The van der Waals surface area contributed by atoms with Crippen LogP contribution in [-0.4, -0.2) is 20.9 Å². The van der Waals surface area contributed by atoms with E-state index in [2.05, 4.69) is 5.32 Å². The van der Waals surface area contributed by atoms with Crippen molar-refractivity contribution >= 4 is 38.9 Å². The molecule has 0 unspecified atom stereocenters. The van der Waals surface area contributed by atoms with Crippen molar-refractivity contribution in [2.75, 3.05) is 16.2 Å². The van der Waals surface area contributed by atoms with Crippen molar-refractivity contribution in [3.63, 3.8) is 0 Å². The van der Waals surface area contributed by atoms with Crippen LogP contribution in [0.25, 0.3) is 0 Å². The van der Waals surface area contributed by atoms with E-state index in [4.69, 9.17) is 11.6 Å². The van der Waals surface area contributed by atoms with Crippen LogP contribution >= 0.6 is 11.6 Å². The third kappa shape index (κ3) is 5.16. The Hall–Kier alpha value is -2.83. The summed E-state index contributed by atoms with van der Waals surface area (Å²) in [6.45, 7) is 3.40. The second-order valence-corrected chi connectivity index (χ2v) is 9.03. The molecule has 5 nitrogen and oxygen atoms in total. The molecule has 1 amide bonds. The molecule has 0 aliphatic heterocycles. The minimum absolute atomic E-state index is 0.120. The van der Waals surface area contributed by atoms with Crippen molar-refractivity contribution in [1.82, 2.24) is 0 Å². The lowest BCUT2D eigenvalue weighted by Gasteiger charge is -2.25. The zero-order valence-electron chi connectivity index (χ0n) is 16.1. The molecule has 0 aromatic heterocycles. The number of carbonyl (C=O) groups excluding carboxylic acids is 1. The summed E-state index contributed by atoms with van der Waals surface area (Å²) in [5.41, 5.74) is 2.75. The van der Waals surface area contributed by atoms with Crippen LogP contribution in [0.5, 0.6) is 0 Å². The van der Waals surface area contributed by atoms with Gasteiger partial charge < -0.3 is 5.32 Å². The van der Waals surface area contributed by atoms with Gasteiger partial charge >= 0.3 is 0 Å². The molecule has 0 radical (unpaired) electrons. The number of amides is 1. The molecule has 3 aromatic carbocycles. The monoisotopic (exact) mass is 428 g/mol. The molecular weight excluding hydrogens is 408 g/mol. The van der Waals surface area contributed by atoms with E-state index in [9.17, 15) is 13.2 Å². The number of benzene rings is 3. The average Bonchev–Trinajstić information content (AvgIpc) is 2.66. The number of carbonyl (C=O) groups is 1. The molecule has 0 atom stereocenters. The maximum atomic E-state index is 13.3. The van der Waals surface area contributed by atoms with E-state index in [1.165, 1.54) is 12.1 Å². The second-order valence-electron chi connectivity index (χ2n) is 6.73. The Morgan fingerprint density at radius 3 is 2.21 bits per heavy atom. The quantitative estimate of drug-likeness (QED) is 0.613. The molecule has 0 aliphatic carbocycles. The highest BCUT2D eigenvalue weighted by molar-refractivity contribution is 7.92. The first kappa shape index (κ1) is 20.9. The van der Waals surface area contributed by atoms with Crippen molar-refractivity contribution in [1.29, 1.82) is 0 Å². The number of rotatable bonds is 6. The van der Waals surface area contributed by atoms with E-state index in [0.717, 1.165) is 15.4 Å². The van der Waals surface area contributed by atoms with E-state index in [1.54, 1.807) is 54.6 Å². The van der Waals surface area contributed by atoms with Gasteiger partial charge in [-0.2, -0.15) is 0 Å². The summed E-state index contributed by atoms with van der Waals surface area (Å²) in [4.78, 5) is 12.8. The SMILES string of the molecule is Cc1cc(C)cc(N(CC(=O)Nc2cccc(Cl)c2)S(=O)(=O)c2ccccc2)c1. The van der Waals surface area contributed by atoms with Crippen LogP contribution in [0.15, 0.2) is 77.7 Å². The van der Waals surface area contributed by atoms with Gasteiger partial charge in [0.1, 0.15) is 6.54 Å². The Labute approximate surface area is 176 Å². The number of aryl methyl sites for hydroxylation is 2. The fourth-order valence-electron chi connectivity index (χ4n) is 3.03. The molecule has 0 saturated heterocycles. The van der Waals surface area contributed by atoms with Crippen LogP contribution in [0.1, 0.15) is 11.1 Å². The highest BCUT2D eigenvalue weighted by Crippen LogP contribution is 2.26. The molecule has 0 spiro atoms. The van der Waals surface area contributed by atoms with E-state index in [1.807, 2.05) is 19.9 Å². The van der Waals surface area contributed by atoms with Gasteiger partial charge in [0, 0.05) is 10.7 Å². The lowest BCUT2D eigenvalue weighted by Crippen LogP contribution is -2.38. The highest BCUT2D eigenvalue weighted by Gasteiger charge is 2.27. The summed E-state index contributed by atoms with van der Waals surface area (Å²) in [6.07, 6.45) is 0. The minimum Gasteiger partial charge on any atom is -0.324 e. The van der Waals surface area contributed by atoms with Crippen LogP contribution in [0.2, 0.25) is 5.02 Å². The van der Waals surface area contributed by atoms with Crippen molar-refractivity contribution in [3.8, 4) is 0 Å². The first-order valence-corrected chi connectivity index (χ1v) is 10.8. The van der Waals surface area contributed by atoms with Gasteiger partial charge in [0.25, 0.3) is 10.0 Å². The average molecular weight is 429 g/mol. The lowest BCUT2D eigenvalue weighted by atomic mass is 10.1. The Morgan fingerprint density at radius 1 is 0.931 bits per heavy atom. The highest BCUT2D eigenvalue weighted by atomic mass is 35.5. The molecule has 0 aliphatic rings. The normalized spacial score (nSPS) is 11.1. The van der Waals surface area contributed by atoms with Gasteiger partial charge in [0.2, 0.25) is 5.91 Å².